The Labute approximate surface area is 188 Å². The lowest BCUT2D eigenvalue weighted by Gasteiger charge is -2.33. The van der Waals surface area contributed by atoms with Gasteiger partial charge in [-0.3, -0.25) is 4.79 Å². The molecule has 3 heterocycles. The number of piperazine rings is 2. The molecule has 0 bridgehead atoms. The molecule has 1 amide bonds. The van der Waals surface area contributed by atoms with Crippen molar-refractivity contribution in [1.29, 1.82) is 0 Å². The minimum atomic E-state index is -3.66. The number of nitrogens with zero attached hydrogens (tertiary/aromatic N) is 4. The maximum atomic E-state index is 13.2. The highest BCUT2D eigenvalue weighted by atomic mass is 35.5. The third-order valence-electron chi connectivity index (χ3n) is 5.67. The fraction of sp³-hybridized carbons (Fsp3) is 0.737. The summed E-state index contributed by atoms with van der Waals surface area (Å²) < 4.78 is 28.5. The first-order valence-corrected chi connectivity index (χ1v) is 13.1. The van der Waals surface area contributed by atoms with Crippen molar-refractivity contribution in [3.63, 3.8) is 0 Å². The van der Waals surface area contributed by atoms with E-state index in [9.17, 15) is 13.2 Å². The van der Waals surface area contributed by atoms with Crippen molar-refractivity contribution in [2.45, 2.75) is 17.1 Å². The third-order valence-corrected chi connectivity index (χ3v) is 9.26. The molecular weight excluding hydrogens is 446 g/mol. The summed E-state index contributed by atoms with van der Waals surface area (Å²) in [5, 5.41) is 3.23. The summed E-state index contributed by atoms with van der Waals surface area (Å²) >= 11 is 7.04. The van der Waals surface area contributed by atoms with Gasteiger partial charge in [-0.2, -0.15) is 4.31 Å². The Hall–Kier alpha value is -0.750. The number of likely N-dealkylation sites (N-methyl/N-ethyl adjacent to an activating group) is 1. The first kappa shape index (κ1) is 23.9. The summed E-state index contributed by atoms with van der Waals surface area (Å²) in [6.07, 6.45) is 0.941. The average molecular weight is 478 g/mol. The van der Waals surface area contributed by atoms with Crippen LogP contribution in [0.5, 0.6) is 0 Å². The van der Waals surface area contributed by atoms with Crippen LogP contribution in [0.1, 0.15) is 12.8 Å². The van der Waals surface area contributed by atoms with Gasteiger partial charge in [0.15, 0.2) is 0 Å². The predicted octanol–water partition coefficient (Wildman–Crippen LogP) is 0.852. The van der Waals surface area contributed by atoms with Gasteiger partial charge in [0.1, 0.15) is 4.21 Å². The van der Waals surface area contributed by atoms with Gasteiger partial charge in [-0.15, -0.1) is 11.3 Å². The smallest absolute Gasteiger partial charge is 0.252 e. The van der Waals surface area contributed by atoms with Crippen molar-refractivity contribution in [3.8, 4) is 0 Å². The van der Waals surface area contributed by atoms with Crippen LogP contribution in [0, 0.1) is 0 Å². The van der Waals surface area contributed by atoms with Gasteiger partial charge in [0.2, 0.25) is 5.91 Å². The van der Waals surface area contributed by atoms with Crippen molar-refractivity contribution < 1.29 is 13.2 Å². The standard InChI is InChI=1S/C19H32ClN5O3S2/c1-22-13-15-23(16-14-22)8-2-9-25(30(27,28)19-4-3-17(20)29-19)10-5-18(26)24-11-6-21-7-12-24/h3-4,21H,2,5-16H2,1H3. The molecule has 170 valence electrons. The number of rotatable bonds is 9. The molecule has 0 unspecified atom stereocenters. The van der Waals surface area contributed by atoms with Crippen LogP contribution < -0.4 is 5.32 Å². The molecule has 0 spiro atoms. The number of hydrogen-bond donors (Lipinski definition) is 1. The second-order valence-electron chi connectivity index (χ2n) is 7.84. The molecule has 8 nitrogen and oxygen atoms in total. The third kappa shape index (κ3) is 6.62. The van der Waals surface area contributed by atoms with Gasteiger partial charge in [0.25, 0.3) is 10.0 Å². The number of halogens is 1. The second kappa shape index (κ2) is 11.2. The summed E-state index contributed by atoms with van der Waals surface area (Å²) in [7, 11) is -1.54. The molecule has 0 radical (unpaired) electrons. The van der Waals surface area contributed by atoms with E-state index in [-0.39, 0.29) is 23.1 Å². The summed E-state index contributed by atoms with van der Waals surface area (Å²) in [5.74, 6) is 0.0139. The van der Waals surface area contributed by atoms with Gasteiger partial charge in [0.05, 0.1) is 4.34 Å². The van der Waals surface area contributed by atoms with Gasteiger partial charge in [-0.05, 0) is 32.1 Å². The first-order valence-electron chi connectivity index (χ1n) is 10.5. The van der Waals surface area contributed by atoms with Crippen LogP contribution in [-0.4, -0.2) is 112 Å². The normalized spacial score (nSPS) is 19.5. The Bertz CT molecular complexity index is 790. The minimum Gasteiger partial charge on any atom is -0.340 e. The van der Waals surface area contributed by atoms with Crippen LogP contribution in [0.15, 0.2) is 16.3 Å². The molecule has 1 N–H and O–H groups in total. The highest BCUT2D eigenvalue weighted by Crippen LogP contribution is 2.28. The van der Waals surface area contributed by atoms with Crippen LogP contribution >= 0.6 is 22.9 Å². The van der Waals surface area contributed by atoms with E-state index in [4.69, 9.17) is 11.6 Å². The zero-order valence-corrected chi connectivity index (χ0v) is 19.9. The summed E-state index contributed by atoms with van der Waals surface area (Å²) in [6.45, 7) is 8.46. The lowest BCUT2D eigenvalue weighted by molar-refractivity contribution is -0.131. The van der Waals surface area contributed by atoms with Crippen LogP contribution in [0.4, 0.5) is 0 Å². The monoisotopic (exact) mass is 477 g/mol. The zero-order chi connectivity index (χ0) is 21.6. The SMILES string of the molecule is CN1CCN(CCCN(CCC(=O)N2CCNCC2)S(=O)(=O)c2ccc(Cl)s2)CC1. The van der Waals surface area contributed by atoms with Crippen LogP contribution in [0.3, 0.4) is 0 Å². The van der Waals surface area contributed by atoms with Crippen molar-refractivity contribution in [2.75, 3.05) is 79.0 Å². The van der Waals surface area contributed by atoms with Gasteiger partial charge in [-0.25, -0.2) is 8.42 Å². The first-order chi connectivity index (χ1) is 14.4. The number of amides is 1. The maximum Gasteiger partial charge on any atom is 0.252 e. The molecule has 2 aliphatic heterocycles. The molecule has 2 fully saturated rings. The molecule has 0 aliphatic carbocycles. The van der Waals surface area contributed by atoms with Crippen molar-refractivity contribution in [1.82, 2.24) is 24.3 Å². The fourth-order valence-corrected chi connectivity index (χ4v) is 6.87. The van der Waals surface area contributed by atoms with Crippen molar-refractivity contribution in [2.24, 2.45) is 0 Å². The van der Waals surface area contributed by atoms with E-state index in [1.54, 1.807) is 12.1 Å². The van der Waals surface area contributed by atoms with Gasteiger partial charge in [0, 0.05) is 71.9 Å². The predicted molar refractivity (Wildman–Crippen MR) is 121 cm³/mol. The average Bonchev–Trinajstić information content (AvgIpc) is 3.19. The Morgan fingerprint density at radius 1 is 1.13 bits per heavy atom. The second-order valence-corrected chi connectivity index (χ2v) is 11.7. The Morgan fingerprint density at radius 2 is 1.83 bits per heavy atom. The van der Waals surface area contributed by atoms with Crippen molar-refractivity contribution >= 4 is 38.9 Å². The van der Waals surface area contributed by atoms with E-state index in [0.717, 1.165) is 63.6 Å². The van der Waals surface area contributed by atoms with E-state index in [1.165, 1.54) is 4.31 Å². The molecule has 1 aromatic heterocycles. The molecule has 0 atom stereocenters. The molecule has 1 aromatic rings. The number of hydrogen-bond acceptors (Lipinski definition) is 7. The highest BCUT2D eigenvalue weighted by Gasteiger charge is 2.28. The summed E-state index contributed by atoms with van der Waals surface area (Å²) in [4.78, 5) is 19.1. The van der Waals surface area contributed by atoms with E-state index in [1.807, 2.05) is 4.90 Å². The Morgan fingerprint density at radius 3 is 2.47 bits per heavy atom. The molecule has 30 heavy (non-hydrogen) atoms. The number of carbonyl (C=O) groups excluding carboxylic acids is 1. The van der Waals surface area contributed by atoms with E-state index in [2.05, 4.69) is 22.2 Å². The van der Waals surface area contributed by atoms with Crippen LogP contribution in [-0.2, 0) is 14.8 Å². The molecular formula is C19H32ClN5O3S2. The van der Waals surface area contributed by atoms with Crippen LogP contribution in [0.2, 0.25) is 4.34 Å². The van der Waals surface area contributed by atoms with Gasteiger partial charge >= 0.3 is 0 Å². The zero-order valence-electron chi connectivity index (χ0n) is 17.6. The highest BCUT2D eigenvalue weighted by molar-refractivity contribution is 7.91. The fourth-order valence-electron chi connectivity index (χ4n) is 3.75. The van der Waals surface area contributed by atoms with E-state index < -0.39 is 10.0 Å². The molecule has 0 saturated carbocycles. The molecule has 2 aliphatic rings. The van der Waals surface area contributed by atoms with Gasteiger partial charge in [-0.1, -0.05) is 11.6 Å². The van der Waals surface area contributed by atoms with Crippen molar-refractivity contribution in [3.05, 3.63) is 16.5 Å². The summed E-state index contributed by atoms with van der Waals surface area (Å²) in [6, 6.07) is 3.15. The quantitative estimate of drug-likeness (QED) is 0.568. The van der Waals surface area contributed by atoms with Crippen LogP contribution in [0.25, 0.3) is 0 Å². The van der Waals surface area contributed by atoms with Gasteiger partial charge < -0.3 is 20.0 Å². The number of sulfonamides is 1. The Balaban J connectivity index is 1.59. The van der Waals surface area contributed by atoms with E-state index >= 15 is 0 Å². The maximum absolute atomic E-state index is 13.2. The molecule has 3 rings (SSSR count). The largest absolute Gasteiger partial charge is 0.340 e. The minimum absolute atomic E-state index is 0.0139. The Kier molecular flexibility index (Phi) is 8.94. The molecule has 0 aromatic carbocycles. The lowest BCUT2D eigenvalue weighted by atomic mass is 10.3. The number of thiophene rings is 1. The molecule has 11 heteroatoms. The molecule has 2 saturated heterocycles. The van der Waals surface area contributed by atoms with E-state index in [0.29, 0.717) is 24.0 Å². The number of nitrogens with one attached hydrogen (secondary N) is 1. The topological polar surface area (TPSA) is 76.2 Å². The number of carbonyl (C=O) groups is 1. The summed E-state index contributed by atoms with van der Waals surface area (Å²) in [5.41, 5.74) is 0. The lowest BCUT2D eigenvalue weighted by Crippen LogP contribution is -2.47.